The summed E-state index contributed by atoms with van der Waals surface area (Å²) in [5.74, 6) is 0.120. The second kappa shape index (κ2) is 10.8. The van der Waals surface area contributed by atoms with Gasteiger partial charge in [-0.15, -0.1) is 0 Å². The number of amides is 2. The third kappa shape index (κ3) is 5.80. The van der Waals surface area contributed by atoms with Crippen molar-refractivity contribution in [2.24, 2.45) is 5.92 Å². The van der Waals surface area contributed by atoms with Gasteiger partial charge in [0.1, 0.15) is 0 Å². The van der Waals surface area contributed by atoms with Gasteiger partial charge in [-0.2, -0.15) is 0 Å². The second-order valence-corrected chi connectivity index (χ2v) is 9.39. The van der Waals surface area contributed by atoms with Crippen LogP contribution in [-0.4, -0.2) is 56.9 Å². The standard InChI is InChI=1S/C26H34N6O2/c1-18(2)31-11-6-7-20(16-31)15-28-26(34)21-13-23-25(24(14-21)30-19(3)33)32(17-29-23)12-9-22-8-4-5-10-27-22/h4-5,8,10,13-14,17-18,20H,6-7,9,11-12,15-16H2,1-3H3,(H,28,34)(H,30,33). The second-order valence-electron chi connectivity index (χ2n) is 9.39. The van der Waals surface area contributed by atoms with Crippen molar-refractivity contribution in [2.45, 2.75) is 52.6 Å². The molecule has 180 valence electrons. The fourth-order valence-corrected chi connectivity index (χ4v) is 4.65. The fourth-order valence-electron chi connectivity index (χ4n) is 4.65. The lowest BCUT2D eigenvalue weighted by Gasteiger charge is -2.35. The predicted octanol–water partition coefficient (Wildman–Crippen LogP) is 3.48. The molecule has 2 N–H and O–H groups in total. The summed E-state index contributed by atoms with van der Waals surface area (Å²) in [5.41, 5.74) is 3.57. The molecule has 1 unspecified atom stereocenters. The summed E-state index contributed by atoms with van der Waals surface area (Å²) in [6.45, 7) is 9.35. The van der Waals surface area contributed by atoms with E-state index in [4.69, 9.17) is 0 Å². The molecule has 8 heteroatoms. The maximum absolute atomic E-state index is 13.0. The number of imidazole rings is 1. The average Bonchev–Trinajstić information content (AvgIpc) is 3.25. The number of hydrogen-bond acceptors (Lipinski definition) is 5. The van der Waals surface area contributed by atoms with Crippen molar-refractivity contribution >= 4 is 28.5 Å². The van der Waals surface area contributed by atoms with E-state index in [-0.39, 0.29) is 11.8 Å². The van der Waals surface area contributed by atoms with Crippen LogP contribution in [0.2, 0.25) is 0 Å². The predicted molar refractivity (Wildman–Crippen MR) is 134 cm³/mol. The first kappa shape index (κ1) is 23.9. The number of nitrogens with zero attached hydrogens (tertiary/aromatic N) is 4. The molecule has 1 aromatic carbocycles. The van der Waals surface area contributed by atoms with E-state index in [0.29, 0.717) is 41.8 Å². The summed E-state index contributed by atoms with van der Waals surface area (Å²) in [6, 6.07) is 9.92. The van der Waals surface area contributed by atoms with E-state index in [2.05, 4.69) is 39.3 Å². The molecule has 1 atom stereocenters. The Balaban J connectivity index is 1.50. The van der Waals surface area contributed by atoms with E-state index in [0.717, 1.165) is 43.6 Å². The summed E-state index contributed by atoms with van der Waals surface area (Å²) in [5, 5.41) is 6.00. The highest BCUT2D eigenvalue weighted by Crippen LogP contribution is 2.26. The molecule has 8 nitrogen and oxygen atoms in total. The lowest BCUT2D eigenvalue weighted by molar-refractivity contribution is -0.114. The number of hydrogen-bond donors (Lipinski definition) is 2. The molecule has 0 bridgehead atoms. The van der Waals surface area contributed by atoms with Crippen LogP contribution in [0.1, 0.15) is 49.7 Å². The maximum Gasteiger partial charge on any atom is 0.251 e. The summed E-state index contributed by atoms with van der Waals surface area (Å²) < 4.78 is 2.00. The summed E-state index contributed by atoms with van der Waals surface area (Å²) in [7, 11) is 0. The molecule has 0 aliphatic carbocycles. The zero-order valence-corrected chi connectivity index (χ0v) is 20.3. The highest BCUT2D eigenvalue weighted by molar-refractivity contribution is 6.05. The average molecular weight is 463 g/mol. The van der Waals surface area contributed by atoms with E-state index < -0.39 is 0 Å². The van der Waals surface area contributed by atoms with Gasteiger partial charge >= 0.3 is 0 Å². The quantitative estimate of drug-likeness (QED) is 0.535. The van der Waals surface area contributed by atoms with Crippen LogP contribution in [0.4, 0.5) is 5.69 Å². The van der Waals surface area contributed by atoms with Crippen molar-refractivity contribution in [1.29, 1.82) is 0 Å². The number of likely N-dealkylation sites (tertiary alicyclic amines) is 1. The molecular weight excluding hydrogens is 428 g/mol. The lowest BCUT2D eigenvalue weighted by Crippen LogP contribution is -2.43. The molecule has 2 aromatic heterocycles. The van der Waals surface area contributed by atoms with Crippen molar-refractivity contribution in [3.8, 4) is 0 Å². The molecule has 3 aromatic rings. The first-order valence-corrected chi connectivity index (χ1v) is 12.1. The third-order valence-electron chi connectivity index (χ3n) is 6.45. The number of carbonyl (C=O) groups is 2. The van der Waals surface area contributed by atoms with Gasteiger partial charge in [-0.3, -0.25) is 14.6 Å². The van der Waals surface area contributed by atoms with Gasteiger partial charge in [0.15, 0.2) is 0 Å². The first-order valence-electron chi connectivity index (χ1n) is 12.1. The van der Waals surface area contributed by atoms with Crippen LogP contribution in [0.15, 0.2) is 42.9 Å². The van der Waals surface area contributed by atoms with Gasteiger partial charge < -0.3 is 20.1 Å². The monoisotopic (exact) mass is 462 g/mol. The zero-order chi connectivity index (χ0) is 24.1. The number of nitrogens with one attached hydrogen (secondary N) is 2. The Hall–Kier alpha value is -3.26. The normalized spacial score (nSPS) is 16.6. The number of aryl methyl sites for hydroxylation is 2. The molecule has 0 radical (unpaired) electrons. The van der Waals surface area contributed by atoms with Gasteiger partial charge in [0.05, 0.1) is 23.0 Å². The van der Waals surface area contributed by atoms with Gasteiger partial charge in [0.2, 0.25) is 5.91 Å². The third-order valence-corrected chi connectivity index (χ3v) is 6.45. The fraction of sp³-hybridized carbons (Fsp3) is 0.462. The minimum absolute atomic E-state index is 0.141. The molecule has 0 spiro atoms. The van der Waals surface area contributed by atoms with Crippen LogP contribution in [0.5, 0.6) is 0 Å². The van der Waals surface area contributed by atoms with Crippen LogP contribution in [0.25, 0.3) is 11.0 Å². The summed E-state index contributed by atoms with van der Waals surface area (Å²) in [6.07, 6.45) is 6.56. The van der Waals surface area contributed by atoms with Crippen molar-refractivity contribution < 1.29 is 9.59 Å². The molecule has 3 heterocycles. The van der Waals surface area contributed by atoms with Gasteiger partial charge in [-0.1, -0.05) is 6.07 Å². The van der Waals surface area contributed by atoms with Gasteiger partial charge in [-0.25, -0.2) is 4.98 Å². The van der Waals surface area contributed by atoms with Crippen molar-refractivity contribution in [3.05, 3.63) is 54.1 Å². The molecule has 1 aliphatic heterocycles. The number of pyridine rings is 1. The van der Waals surface area contributed by atoms with Crippen molar-refractivity contribution in [2.75, 3.05) is 25.0 Å². The topological polar surface area (TPSA) is 92.2 Å². The number of rotatable bonds is 8. The SMILES string of the molecule is CC(=O)Nc1cc(C(=O)NCC2CCCN(C(C)C)C2)cc2ncn(CCc3ccccn3)c12. The molecule has 34 heavy (non-hydrogen) atoms. The Morgan fingerprint density at radius 3 is 2.79 bits per heavy atom. The number of piperidine rings is 1. The Morgan fingerprint density at radius 1 is 1.21 bits per heavy atom. The summed E-state index contributed by atoms with van der Waals surface area (Å²) >= 11 is 0. The van der Waals surface area contributed by atoms with E-state index in [1.807, 2.05) is 22.8 Å². The molecule has 1 aliphatic rings. The minimum Gasteiger partial charge on any atom is -0.352 e. The zero-order valence-electron chi connectivity index (χ0n) is 20.3. The van der Waals surface area contributed by atoms with Crippen LogP contribution in [0, 0.1) is 5.92 Å². The van der Waals surface area contributed by atoms with E-state index in [1.165, 1.54) is 6.92 Å². The largest absolute Gasteiger partial charge is 0.352 e. The molecule has 0 saturated carbocycles. The number of fused-ring (bicyclic) bond motifs is 1. The van der Waals surface area contributed by atoms with Gasteiger partial charge in [-0.05, 0) is 63.4 Å². The van der Waals surface area contributed by atoms with Crippen LogP contribution in [-0.2, 0) is 17.8 Å². The molecule has 1 saturated heterocycles. The maximum atomic E-state index is 13.0. The van der Waals surface area contributed by atoms with E-state index in [9.17, 15) is 9.59 Å². The first-order chi connectivity index (χ1) is 16.4. The smallest absolute Gasteiger partial charge is 0.251 e. The van der Waals surface area contributed by atoms with E-state index >= 15 is 0 Å². The summed E-state index contributed by atoms with van der Waals surface area (Å²) in [4.78, 5) is 36.3. The number of benzene rings is 1. The van der Waals surface area contributed by atoms with Crippen LogP contribution >= 0.6 is 0 Å². The van der Waals surface area contributed by atoms with Gasteiger partial charge in [0.25, 0.3) is 5.91 Å². The molecule has 4 rings (SSSR count). The molecule has 2 amide bonds. The number of aromatic nitrogens is 3. The van der Waals surface area contributed by atoms with Gasteiger partial charge in [0, 0.05) is 56.5 Å². The lowest BCUT2D eigenvalue weighted by atomic mass is 9.97. The molecular formula is C26H34N6O2. The van der Waals surface area contributed by atoms with E-state index in [1.54, 1.807) is 24.7 Å². The number of carbonyl (C=O) groups excluding carboxylic acids is 2. The highest BCUT2D eigenvalue weighted by Gasteiger charge is 2.22. The highest BCUT2D eigenvalue weighted by atomic mass is 16.2. The van der Waals surface area contributed by atoms with Crippen molar-refractivity contribution in [1.82, 2.24) is 24.8 Å². The van der Waals surface area contributed by atoms with Crippen LogP contribution < -0.4 is 10.6 Å². The van der Waals surface area contributed by atoms with Crippen LogP contribution in [0.3, 0.4) is 0 Å². The Kier molecular flexibility index (Phi) is 7.57. The van der Waals surface area contributed by atoms with Crippen molar-refractivity contribution in [3.63, 3.8) is 0 Å². The Bertz CT molecular complexity index is 1140. The number of anilines is 1. The Morgan fingerprint density at radius 2 is 2.06 bits per heavy atom. The molecule has 1 fully saturated rings. The Labute approximate surface area is 200 Å². The minimum atomic E-state index is -0.188.